The summed E-state index contributed by atoms with van der Waals surface area (Å²) in [5.41, 5.74) is 0.895. The predicted octanol–water partition coefficient (Wildman–Crippen LogP) is 3.45. The largest absolute Gasteiger partial charge is 0.379 e. The molecule has 1 N–H and O–H groups in total. The Kier molecular flexibility index (Phi) is 8.43. The van der Waals surface area contributed by atoms with Gasteiger partial charge in [0.25, 0.3) is 0 Å². The normalized spacial score (nSPS) is 11.3. The minimum Gasteiger partial charge on any atom is -0.379 e. The van der Waals surface area contributed by atoms with E-state index in [0.29, 0.717) is 16.3 Å². The van der Waals surface area contributed by atoms with Gasteiger partial charge < -0.3 is 19.1 Å². The van der Waals surface area contributed by atoms with Gasteiger partial charge >= 0.3 is 10.1 Å². The summed E-state index contributed by atoms with van der Waals surface area (Å²) in [5.74, 6) is -0.457. The topological polar surface area (TPSA) is 102 Å². The van der Waals surface area contributed by atoms with E-state index < -0.39 is 10.1 Å². The Hall–Kier alpha value is -2.62. The van der Waals surface area contributed by atoms with E-state index >= 15 is 0 Å². The summed E-state index contributed by atoms with van der Waals surface area (Å²) in [7, 11) is -2.74. The summed E-state index contributed by atoms with van der Waals surface area (Å²) in [6.07, 6.45) is 0. The number of anilines is 1. The first-order valence-corrected chi connectivity index (χ1v) is 11.2. The van der Waals surface area contributed by atoms with Crippen LogP contribution < -0.4 is 9.50 Å². The van der Waals surface area contributed by atoms with E-state index in [1.165, 1.54) is 55.3 Å². The summed E-state index contributed by atoms with van der Waals surface area (Å²) in [4.78, 5) is 25.0. The number of methoxy groups -OCH3 is 1. The molecule has 0 aliphatic heterocycles. The van der Waals surface area contributed by atoms with Gasteiger partial charge in [-0.25, -0.2) is 0 Å². The van der Waals surface area contributed by atoms with Crippen LogP contribution in [-0.2, 0) is 31.0 Å². The molecule has 2 amide bonds. The Morgan fingerprint density at radius 2 is 1.77 bits per heavy atom. The first-order valence-electron chi connectivity index (χ1n) is 9.42. The second kappa shape index (κ2) is 10.6. The molecule has 2 rings (SSSR count). The summed E-state index contributed by atoms with van der Waals surface area (Å²) < 4.78 is 35.9. The number of amides is 2. The minimum atomic E-state index is -4.16. The number of ether oxygens (including phenoxy) is 1. The highest BCUT2D eigenvalue weighted by molar-refractivity contribution is 7.87. The maximum Gasteiger partial charge on any atom is 0.339 e. The molecular weight excluding hydrogens is 444 g/mol. The summed E-state index contributed by atoms with van der Waals surface area (Å²) >= 11 is 6.10. The summed E-state index contributed by atoms with van der Waals surface area (Å²) in [5, 5.41) is 2.94. The van der Waals surface area contributed by atoms with Crippen molar-refractivity contribution in [3.8, 4) is 5.75 Å². The van der Waals surface area contributed by atoms with Crippen LogP contribution >= 0.6 is 11.6 Å². The fourth-order valence-corrected chi connectivity index (χ4v) is 3.94. The molecule has 0 unspecified atom stereocenters. The molecule has 0 radical (unpaired) electrons. The van der Waals surface area contributed by atoms with Crippen molar-refractivity contribution >= 4 is 39.2 Å². The molecule has 0 spiro atoms. The maximum absolute atomic E-state index is 12.8. The van der Waals surface area contributed by atoms with Crippen LogP contribution in [0.4, 0.5) is 5.69 Å². The number of rotatable bonds is 9. The van der Waals surface area contributed by atoms with Gasteiger partial charge in [-0.15, -0.1) is 0 Å². The van der Waals surface area contributed by atoms with E-state index in [-0.39, 0.29) is 41.7 Å². The van der Waals surface area contributed by atoms with Gasteiger partial charge in [0.15, 0.2) is 0 Å². The lowest BCUT2D eigenvalue weighted by atomic mass is 10.1. The number of carbonyl (C=O) groups is 2. The molecule has 0 saturated heterocycles. The second-order valence-corrected chi connectivity index (χ2v) is 9.03. The molecule has 2 aromatic carbocycles. The summed E-state index contributed by atoms with van der Waals surface area (Å²) in [6, 6.07) is 9.94. The molecule has 31 heavy (non-hydrogen) atoms. The van der Waals surface area contributed by atoms with Crippen LogP contribution in [-0.4, -0.2) is 44.9 Å². The second-order valence-electron chi connectivity index (χ2n) is 7.04. The SMILES string of the molecule is COCC(=O)N(Cc1cc(Cl)ccc1OS(=O)(=O)c1ccc(NC(C)=O)cc1)C(C)C. The number of hydrogen-bond acceptors (Lipinski definition) is 6. The van der Waals surface area contributed by atoms with Crippen LogP contribution in [0.25, 0.3) is 0 Å². The zero-order valence-electron chi connectivity index (χ0n) is 17.7. The fourth-order valence-electron chi connectivity index (χ4n) is 2.78. The molecule has 8 nitrogen and oxygen atoms in total. The highest BCUT2D eigenvalue weighted by Gasteiger charge is 2.23. The van der Waals surface area contributed by atoms with Crippen LogP contribution in [0, 0.1) is 0 Å². The van der Waals surface area contributed by atoms with E-state index in [9.17, 15) is 18.0 Å². The monoisotopic (exact) mass is 468 g/mol. The number of carbonyl (C=O) groups excluding carboxylic acids is 2. The van der Waals surface area contributed by atoms with Crippen molar-refractivity contribution in [2.45, 2.75) is 38.3 Å². The molecular formula is C21H25ClN2O6S. The van der Waals surface area contributed by atoms with Gasteiger partial charge in [-0.2, -0.15) is 8.42 Å². The van der Waals surface area contributed by atoms with Gasteiger partial charge in [-0.1, -0.05) is 11.6 Å². The molecule has 0 aromatic heterocycles. The third-order valence-corrected chi connectivity index (χ3v) is 5.72. The van der Waals surface area contributed by atoms with E-state index in [1.807, 2.05) is 13.8 Å². The predicted molar refractivity (Wildman–Crippen MR) is 118 cm³/mol. The maximum atomic E-state index is 12.8. The van der Waals surface area contributed by atoms with E-state index in [4.69, 9.17) is 20.5 Å². The van der Waals surface area contributed by atoms with Crippen LogP contribution in [0.5, 0.6) is 5.75 Å². The highest BCUT2D eigenvalue weighted by atomic mass is 35.5. The fraction of sp³-hybridized carbons (Fsp3) is 0.333. The number of benzene rings is 2. The first-order chi connectivity index (χ1) is 14.5. The average Bonchev–Trinajstić information content (AvgIpc) is 2.67. The van der Waals surface area contributed by atoms with Crippen molar-refractivity contribution in [3.05, 3.63) is 53.1 Å². The Morgan fingerprint density at radius 3 is 2.32 bits per heavy atom. The van der Waals surface area contributed by atoms with Crippen molar-refractivity contribution in [1.82, 2.24) is 4.90 Å². The Morgan fingerprint density at radius 1 is 1.13 bits per heavy atom. The van der Waals surface area contributed by atoms with Crippen molar-refractivity contribution in [3.63, 3.8) is 0 Å². The molecule has 0 bridgehead atoms. The minimum absolute atomic E-state index is 0.0613. The van der Waals surface area contributed by atoms with Crippen LogP contribution in [0.15, 0.2) is 47.4 Å². The molecule has 168 valence electrons. The number of hydrogen-bond donors (Lipinski definition) is 1. The first kappa shape index (κ1) is 24.6. The standard InChI is InChI=1S/C21H25ClN2O6S/c1-14(2)24(21(26)13-29-4)12-16-11-17(22)5-10-20(16)30-31(27,28)19-8-6-18(7-9-19)23-15(3)25/h5-11,14H,12-13H2,1-4H3,(H,23,25). The highest BCUT2D eigenvalue weighted by Crippen LogP contribution is 2.28. The van der Waals surface area contributed by atoms with Gasteiger partial charge in [0.05, 0.1) is 0 Å². The van der Waals surface area contributed by atoms with Crippen molar-refractivity contribution in [2.24, 2.45) is 0 Å². The lowest BCUT2D eigenvalue weighted by Crippen LogP contribution is -2.38. The van der Waals surface area contributed by atoms with Crippen molar-refractivity contribution in [1.29, 1.82) is 0 Å². The van der Waals surface area contributed by atoms with Crippen molar-refractivity contribution in [2.75, 3.05) is 19.0 Å². The quantitative estimate of drug-likeness (QED) is 0.565. The van der Waals surface area contributed by atoms with Crippen LogP contribution in [0.3, 0.4) is 0 Å². The third kappa shape index (κ3) is 6.95. The van der Waals surface area contributed by atoms with Crippen molar-refractivity contribution < 1.29 is 26.9 Å². The molecule has 0 atom stereocenters. The zero-order valence-corrected chi connectivity index (χ0v) is 19.3. The molecule has 0 fully saturated rings. The summed E-state index contributed by atoms with van der Waals surface area (Å²) in [6.45, 7) is 5.02. The Labute approximate surface area is 187 Å². The number of halogens is 1. The number of nitrogens with one attached hydrogen (secondary N) is 1. The molecule has 0 aliphatic rings. The smallest absolute Gasteiger partial charge is 0.339 e. The Bertz CT molecular complexity index is 1040. The van der Waals surface area contributed by atoms with Gasteiger partial charge in [-0.05, 0) is 56.3 Å². The number of nitrogens with zero attached hydrogens (tertiary/aromatic N) is 1. The molecule has 0 saturated carbocycles. The van der Waals surface area contributed by atoms with Gasteiger partial charge in [0.1, 0.15) is 17.3 Å². The van der Waals surface area contributed by atoms with E-state index in [1.54, 1.807) is 6.07 Å². The van der Waals surface area contributed by atoms with Gasteiger partial charge in [0, 0.05) is 42.9 Å². The third-order valence-electron chi connectivity index (χ3n) is 4.24. The van der Waals surface area contributed by atoms with Crippen LogP contribution in [0.1, 0.15) is 26.3 Å². The molecule has 0 aliphatic carbocycles. The van der Waals surface area contributed by atoms with Crippen LogP contribution in [0.2, 0.25) is 5.02 Å². The average molecular weight is 469 g/mol. The van der Waals surface area contributed by atoms with E-state index in [2.05, 4.69) is 5.32 Å². The molecule has 0 heterocycles. The lowest BCUT2D eigenvalue weighted by Gasteiger charge is -2.27. The molecule has 10 heteroatoms. The zero-order chi connectivity index (χ0) is 23.2. The van der Waals surface area contributed by atoms with E-state index in [0.717, 1.165) is 0 Å². The Balaban J connectivity index is 2.32. The lowest BCUT2D eigenvalue weighted by molar-refractivity contribution is -0.137. The van der Waals surface area contributed by atoms with Gasteiger partial charge in [-0.3, -0.25) is 9.59 Å². The van der Waals surface area contributed by atoms with Gasteiger partial charge in [0.2, 0.25) is 11.8 Å². The molecule has 2 aromatic rings.